The van der Waals surface area contributed by atoms with E-state index < -0.39 is 10.0 Å². The van der Waals surface area contributed by atoms with Crippen LogP contribution in [-0.4, -0.2) is 18.9 Å². The number of anilines is 2. The number of nitrogens with one attached hydrogen (secondary N) is 2. The van der Waals surface area contributed by atoms with E-state index in [4.69, 9.17) is 11.6 Å². The van der Waals surface area contributed by atoms with Gasteiger partial charge in [-0.15, -0.1) is 11.3 Å². The van der Waals surface area contributed by atoms with Crippen molar-refractivity contribution in [2.75, 3.05) is 10.0 Å². The smallest absolute Gasteiger partial charge is 0.272 e. The normalized spacial score (nSPS) is 11.3. The number of aryl methyl sites for hydroxylation is 1. The third-order valence-electron chi connectivity index (χ3n) is 4.82. The topological polar surface area (TPSA) is 80.2 Å². The van der Waals surface area contributed by atoms with Crippen molar-refractivity contribution in [1.29, 1.82) is 0 Å². The molecule has 2 heterocycles. The maximum absolute atomic E-state index is 13.0. The molecule has 2 aromatic carbocycles. The third-order valence-corrected chi connectivity index (χ3v) is 7.52. The number of hydrogen-bond acceptors (Lipinski definition) is 4. The number of sulfonamides is 1. The van der Waals surface area contributed by atoms with Gasteiger partial charge in [0.15, 0.2) is 0 Å². The van der Waals surface area contributed by atoms with E-state index in [9.17, 15) is 13.2 Å². The SMILES string of the molecule is Cc1ccc(NC(=O)c2cccn2Cc2cccs2)cc1S(=O)(=O)Nc1ccccc1Cl. The molecule has 164 valence electrons. The highest BCUT2D eigenvalue weighted by Gasteiger charge is 2.20. The van der Waals surface area contributed by atoms with Crippen molar-refractivity contribution in [2.24, 2.45) is 0 Å². The van der Waals surface area contributed by atoms with Gasteiger partial charge >= 0.3 is 0 Å². The van der Waals surface area contributed by atoms with E-state index in [-0.39, 0.29) is 16.5 Å². The van der Waals surface area contributed by atoms with Crippen LogP contribution in [0.3, 0.4) is 0 Å². The number of benzene rings is 2. The molecule has 4 rings (SSSR count). The summed E-state index contributed by atoms with van der Waals surface area (Å²) in [6, 6.07) is 18.9. The number of carbonyl (C=O) groups is 1. The van der Waals surface area contributed by atoms with Gasteiger partial charge in [0.25, 0.3) is 15.9 Å². The van der Waals surface area contributed by atoms with Gasteiger partial charge < -0.3 is 9.88 Å². The Kier molecular flexibility index (Phi) is 6.36. The number of nitrogens with zero attached hydrogens (tertiary/aromatic N) is 1. The van der Waals surface area contributed by atoms with Crippen molar-refractivity contribution < 1.29 is 13.2 Å². The highest BCUT2D eigenvalue weighted by atomic mass is 35.5. The van der Waals surface area contributed by atoms with Crippen molar-refractivity contribution in [3.05, 3.63) is 99.5 Å². The lowest BCUT2D eigenvalue weighted by Gasteiger charge is -2.14. The summed E-state index contributed by atoms with van der Waals surface area (Å²) in [6.45, 7) is 2.28. The van der Waals surface area contributed by atoms with Crippen LogP contribution >= 0.6 is 22.9 Å². The molecule has 0 bridgehead atoms. The first kappa shape index (κ1) is 22.1. The van der Waals surface area contributed by atoms with Gasteiger partial charge in [-0.1, -0.05) is 35.9 Å². The van der Waals surface area contributed by atoms with Gasteiger partial charge in [0.1, 0.15) is 5.69 Å². The Morgan fingerprint density at radius 2 is 1.88 bits per heavy atom. The Labute approximate surface area is 195 Å². The van der Waals surface area contributed by atoms with E-state index in [0.29, 0.717) is 28.5 Å². The van der Waals surface area contributed by atoms with Crippen molar-refractivity contribution >= 4 is 50.2 Å². The predicted molar refractivity (Wildman–Crippen MR) is 129 cm³/mol. The van der Waals surface area contributed by atoms with E-state index in [0.717, 1.165) is 4.88 Å². The number of para-hydroxylation sites is 1. The van der Waals surface area contributed by atoms with Crippen LogP contribution in [0.1, 0.15) is 20.9 Å². The Hall–Kier alpha value is -3.07. The lowest BCUT2D eigenvalue weighted by atomic mass is 10.2. The Balaban J connectivity index is 1.56. The fourth-order valence-corrected chi connectivity index (χ4v) is 5.53. The number of rotatable bonds is 7. The maximum atomic E-state index is 13.0. The summed E-state index contributed by atoms with van der Waals surface area (Å²) in [7, 11) is -3.91. The molecule has 0 atom stereocenters. The predicted octanol–water partition coefficient (Wildman–Crippen LogP) is 5.61. The van der Waals surface area contributed by atoms with Gasteiger partial charge in [-0.2, -0.15) is 0 Å². The lowest BCUT2D eigenvalue weighted by molar-refractivity contribution is 0.101. The van der Waals surface area contributed by atoms with Gasteiger partial charge in [-0.25, -0.2) is 8.42 Å². The fourth-order valence-electron chi connectivity index (χ4n) is 3.23. The molecule has 0 spiro atoms. The van der Waals surface area contributed by atoms with Crippen LogP contribution in [0.15, 0.2) is 83.2 Å². The van der Waals surface area contributed by atoms with Crippen LogP contribution in [0.25, 0.3) is 0 Å². The van der Waals surface area contributed by atoms with Gasteiger partial charge in [0.2, 0.25) is 0 Å². The number of carbonyl (C=O) groups excluding carboxylic acids is 1. The van der Waals surface area contributed by atoms with Crippen LogP contribution < -0.4 is 10.0 Å². The van der Waals surface area contributed by atoms with Crippen LogP contribution in [0, 0.1) is 6.92 Å². The van der Waals surface area contributed by atoms with Gasteiger partial charge in [0, 0.05) is 16.8 Å². The fraction of sp³-hybridized carbons (Fsp3) is 0.0870. The lowest BCUT2D eigenvalue weighted by Crippen LogP contribution is -2.18. The molecule has 6 nitrogen and oxygen atoms in total. The van der Waals surface area contributed by atoms with Crippen LogP contribution in [0.2, 0.25) is 5.02 Å². The van der Waals surface area contributed by atoms with Crippen LogP contribution in [-0.2, 0) is 16.6 Å². The molecule has 2 N–H and O–H groups in total. The van der Waals surface area contributed by atoms with Gasteiger partial charge in [0.05, 0.1) is 22.2 Å². The minimum Gasteiger partial charge on any atom is -0.338 e. The second kappa shape index (κ2) is 9.20. The maximum Gasteiger partial charge on any atom is 0.272 e. The average molecular weight is 486 g/mol. The van der Waals surface area contributed by atoms with E-state index in [1.54, 1.807) is 66.8 Å². The molecule has 0 aliphatic rings. The minimum absolute atomic E-state index is 0.0594. The zero-order valence-electron chi connectivity index (χ0n) is 17.1. The molecule has 0 unspecified atom stereocenters. The summed E-state index contributed by atoms with van der Waals surface area (Å²) in [4.78, 5) is 14.1. The van der Waals surface area contributed by atoms with Crippen molar-refractivity contribution in [3.63, 3.8) is 0 Å². The molecule has 0 fully saturated rings. The average Bonchev–Trinajstić information content (AvgIpc) is 3.43. The second-order valence-corrected chi connectivity index (χ2v) is 10.2. The Morgan fingerprint density at radius 1 is 1.06 bits per heavy atom. The number of thiophene rings is 1. The molecule has 9 heteroatoms. The van der Waals surface area contributed by atoms with Crippen LogP contribution in [0.4, 0.5) is 11.4 Å². The van der Waals surface area contributed by atoms with Crippen LogP contribution in [0.5, 0.6) is 0 Å². The summed E-state index contributed by atoms with van der Waals surface area (Å²) in [5.41, 5.74) is 1.69. The third kappa shape index (κ3) is 4.88. The molecule has 0 aliphatic carbocycles. The van der Waals surface area contributed by atoms with Crippen molar-refractivity contribution in [1.82, 2.24) is 4.57 Å². The highest BCUT2D eigenvalue weighted by Crippen LogP contribution is 2.27. The molecule has 2 aromatic heterocycles. The monoisotopic (exact) mass is 485 g/mol. The first-order valence-electron chi connectivity index (χ1n) is 9.70. The van der Waals surface area contributed by atoms with E-state index in [1.165, 1.54) is 6.07 Å². The first-order chi connectivity index (χ1) is 15.3. The summed E-state index contributed by atoms with van der Waals surface area (Å²) in [6.07, 6.45) is 1.84. The first-order valence-corrected chi connectivity index (χ1v) is 12.4. The Bertz CT molecular complexity index is 1360. The number of hydrogen-bond donors (Lipinski definition) is 2. The summed E-state index contributed by atoms with van der Waals surface area (Å²) in [5.74, 6) is -0.321. The van der Waals surface area contributed by atoms with Crippen molar-refractivity contribution in [3.8, 4) is 0 Å². The molecular formula is C23H20ClN3O3S2. The molecule has 32 heavy (non-hydrogen) atoms. The molecule has 4 aromatic rings. The molecule has 1 amide bonds. The van der Waals surface area contributed by atoms with E-state index in [2.05, 4.69) is 10.0 Å². The molecule has 0 radical (unpaired) electrons. The standard InChI is InChI=1S/C23H20ClN3O3S2/c1-16-10-11-17(14-22(16)32(29,30)26-20-8-3-2-7-19(20)24)25-23(28)21-9-4-12-27(21)15-18-6-5-13-31-18/h2-14,26H,15H2,1H3,(H,25,28). The van der Waals surface area contributed by atoms with Gasteiger partial charge in [-0.05, 0) is 60.3 Å². The molecular weight excluding hydrogens is 466 g/mol. The zero-order chi connectivity index (χ0) is 22.7. The van der Waals surface area contributed by atoms with Gasteiger partial charge in [-0.3, -0.25) is 9.52 Å². The summed E-state index contributed by atoms with van der Waals surface area (Å²) >= 11 is 7.71. The number of halogens is 1. The summed E-state index contributed by atoms with van der Waals surface area (Å²) < 4.78 is 30.3. The Morgan fingerprint density at radius 3 is 2.62 bits per heavy atom. The second-order valence-electron chi connectivity index (χ2n) is 7.12. The largest absolute Gasteiger partial charge is 0.338 e. The minimum atomic E-state index is -3.91. The molecule has 0 saturated carbocycles. The molecule has 0 saturated heterocycles. The molecule has 0 aliphatic heterocycles. The highest BCUT2D eigenvalue weighted by molar-refractivity contribution is 7.92. The number of aromatic nitrogens is 1. The number of amides is 1. The summed E-state index contributed by atoms with van der Waals surface area (Å²) in [5, 5.41) is 5.09. The quantitative estimate of drug-likeness (QED) is 0.357. The van der Waals surface area contributed by atoms with Crippen molar-refractivity contribution in [2.45, 2.75) is 18.4 Å². The zero-order valence-corrected chi connectivity index (χ0v) is 19.5. The van der Waals surface area contributed by atoms with E-state index in [1.807, 2.05) is 28.3 Å². The van der Waals surface area contributed by atoms with E-state index >= 15 is 0 Å².